The number of benzene rings is 1. The Labute approximate surface area is 163 Å². The molecular formula is C19H23ClN4O3. The maximum Gasteiger partial charge on any atom is 0.255 e. The van der Waals surface area contributed by atoms with Crippen molar-refractivity contribution in [2.45, 2.75) is 25.1 Å². The van der Waals surface area contributed by atoms with Crippen LogP contribution in [0.4, 0.5) is 5.69 Å². The SMILES string of the molecule is COc1cc(N)c(Cl)cc1C(=O)NC1CCN(Cc2ccccn2)CC1O. The van der Waals surface area contributed by atoms with Crippen molar-refractivity contribution in [3.05, 3.63) is 52.8 Å². The molecule has 7 nitrogen and oxygen atoms in total. The fourth-order valence-electron chi connectivity index (χ4n) is 3.19. The van der Waals surface area contributed by atoms with Crippen molar-refractivity contribution in [2.24, 2.45) is 0 Å². The van der Waals surface area contributed by atoms with E-state index in [4.69, 9.17) is 22.1 Å². The van der Waals surface area contributed by atoms with Crippen LogP contribution in [0.15, 0.2) is 36.5 Å². The second-order valence-corrected chi connectivity index (χ2v) is 6.97. The molecule has 144 valence electrons. The van der Waals surface area contributed by atoms with Crippen LogP contribution in [0.25, 0.3) is 0 Å². The number of carbonyl (C=O) groups is 1. The van der Waals surface area contributed by atoms with Crippen LogP contribution >= 0.6 is 11.6 Å². The number of halogens is 1. The first-order chi connectivity index (χ1) is 13.0. The predicted octanol–water partition coefficient (Wildman–Crippen LogP) is 1.69. The van der Waals surface area contributed by atoms with Crippen molar-refractivity contribution in [3.63, 3.8) is 0 Å². The van der Waals surface area contributed by atoms with Crippen LogP contribution in [0.2, 0.25) is 5.02 Å². The Morgan fingerprint density at radius 3 is 2.96 bits per heavy atom. The molecule has 2 aromatic rings. The van der Waals surface area contributed by atoms with Gasteiger partial charge in [-0.3, -0.25) is 14.7 Å². The molecule has 2 heterocycles. The van der Waals surface area contributed by atoms with Crippen LogP contribution in [-0.2, 0) is 6.54 Å². The number of piperidine rings is 1. The number of ether oxygens (including phenoxy) is 1. The van der Waals surface area contributed by atoms with Gasteiger partial charge < -0.3 is 20.9 Å². The summed E-state index contributed by atoms with van der Waals surface area (Å²) in [5, 5.41) is 13.6. The molecule has 1 aliphatic heterocycles. The van der Waals surface area contributed by atoms with Crippen LogP contribution in [0, 0.1) is 0 Å². The number of nitrogen functional groups attached to an aromatic ring is 1. The van der Waals surface area contributed by atoms with Crippen molar-refractivity contribution < 1.29 is 14.6 Å². The number of pyridine rings is 1. The lowest BCUT2D eigenvalue weighted by Crippen LogP contribution is -2.53. The number of β-amino-alcohol motifs (C(OH)–C–C–N with tert-alkyl or cyclic N) is 1. The summed E-state index contributed by atoms with van der Waals surface area (Å²) in [7, 11) is 1.46. The summed E-state index contributed by atoms with van der Waals surface area (Å²) in [5.74, 6) is -0.00699. The number of nitrogens with zero attached hydrogens (tertiary/aromatic N) is 2. The summed E-state index contributed by atoms with van der Waals surface area (Å²) in [6, 6.07) is 8.42. The van der Waals surface area contributed by atoms with Gasteiger partial charge in [-0.05, 0) is 24.6 Å². The lowest BCUT2D eigenvalue weighted by molar-refractivity contribution is 0.0344. The van der Waals surface area contributed by atoms with Gasteiger partial charge in [0.25, 0.3) is 5.91 Å². The zero-order valence-corrected chi connectivity index (χ0v) is 15.8. The molecule has 0 saturated carbocycles. The van der Waals surface area contributed by atoms with Gasteiger partial charge in [-0.2, -0.15) is 0 Å². The molecule has 2 atom stereocenters. The van der Waals surface area contributed by atoms with E-state index >= 15 is 0 Å². The van der Waals surface area contributed by atoms with E-state index in [2.05, 4.69) is 15.2 Å². The van der Waals surface area contributed by atoms with E-state index in [1.807, 2.05) is 18.2 Å². The first-order valence-corrected chi connectivity index (χ1v) is 9.10. The number of methoxy groups -OCH3 is 1. The summed E-state index contributed by atoms with van der Waals surface area (Å²) >= 11 is 6.03. The number of aromatic nitrogens is 1. The molecule has 4 N–H and O–H groups in total. The number of nitrogens with two attached hydrogens (primary N) is 1. The number of hydrogen-bond acceptors (Lipinski definition) is 6. The second kappa shape index (κ2) is 8.56. The van der Waals surface area contributed by atoms with Crippen LogP contribution in [0.1, 0.15) is 22.5 Å². The fraction of sp³-hybridized carbons (Fsp3) is 0.368. The number of nitrogens with one attached hydrogen (secondary N) is 1. The second-order valence-electron chi connectivity index (χ2n) is 6.57. The van der Waals surface area contributed by atoms with Gasteiger partial charge in [0.1, 0.15) is 5.75 Å². The molecule has 1 amide bonds. The Bertz CT molecular complexity index is 803. The van der Waals surface area contributed by atoms with E-state index in [1.165, 1.54) is 19.2 Å². The lowest BCUT2D eigenvalue weighted by Gasteiger charge is -2.36. The maximum atomic E-state index is 12.6. The topological polar surface area (TPSA) is 101 Å². The Balaban J connectivity index is 1.62. The van der Waals surface area contributed by atoms with E-state index in [0.717, 1.165) is 12.2 Å². The molecule has 0 spiro atoms. The summed E-state index contributed by atoms with van der Waals surface area (Å²) < 4.78 is 5.22. The van der Waals surface area contributed by atoms with E-state index in [9.17, 15) is 9.90 Å². The van der Waals surface area contributed by atoms with Gasteiger partial charge in [0.2, 0.25) is 0 Å². The monoisotopic (exact) mass is 390 g/mol. The molecule has 1 aromatic heterocycles. The van der Waals surface area contributed by atoms with Gasteiger partial charge in [-0.25, -0.2) is 0 Å². The van der Waals surface area contributed by atoms with Gasteiger partial charge >= 0.3 is 0 Å². The highest BCUT2D eigenvalue weighted by molar-refractivity contribution is 6.33. The molecule has 0 bridgehead atoms. The fourth-order valence-corrected chi connectivity index (χ4v) is 3.36. The van der Waals surface area contributed by atoms with Crippen molar-refractivity contribution >= 4 is 23.2 Å². The standard InChI is InChI=1S/C19H23ClN4O3/c1-27-18-9-15(21)14(20)8-13(18)19(26)23-16-5-7-24(11-17(16)25)10-12-4-2-3-6-22-12/h2-4,6,8-9,16-17,25H,5,7,10-11,21H2,1H3,(H,23,26). The third-order valence-electron chi connectivity index (χ3n) is 4.66. The largest absolute Gasteiger partial charge is 0.496 e. The molecule has 1 fully saturated rings. The highest BCUT2D eigenvalue weighted by atomic mass is 35.5. The highest BCUT2D eigenvalue weighted by Gasteiger charge is 2.30. The van der Waals surface area contributed by atoms with Gasteiger partial charge in [0, 0.05) is 31.9 Å². The van der Waals surface area contributed by atoms with Gasteiger partial charge in [0.15, 0.2) is 0 Å². The normalized spacial score (nSPS) is 20.3. The molecule has 1 aromatic carbocycles. The zero-order chi connectivity index (χ0) is 19.4. The number of aliphatic hydroxyl groups is 1. The quantitative estimate of drug-likeness (QED) is 0.672. The predicted molar refractivity (Wildman–Crippen MR) is 104 cm³/mol. The smallest absolute Gasteiger partial charge is 0.255 e. The highest BCUT2D eigenvalue weighted by Crippen LogP contribution is 2.29. The Hall–Kier alpha value is -2.35. The summed E-state index contributed by atoms with van der Waals surface area (Å²) in [6.45, 7) is 1.87. The average Bonchev–Trinajstić information content (AvgIpc) is 2.66. The first kappa shape index (κ1) is 19.4. The van der Waals surface area contributed by atoms with Crippen molar-refractivity contribution in [2.75, 3.05) is 25.9 Å². The Kier molecular flexibility index (Phi) is 6.15. The minimum Gasteiger partial charge on any atom is -0.496 e. The van der Waals surface area contributed by atoms with E-state index < -0.39 is 6.10 Å². The van der Waals surface area contributed by atoms with Crippen molar-refractivity contribution in [3.8, 4) is 5.75 Å². The number of aliphatic hydroxyl groups excluding tert-OH is 1. The Morgan fingerprint density at radius 1 is 1.48 bits per heavy atom. The van der Waals surface area contributed by atoms with Crippen LogP contribution in [0.5, 0.6) is 5.75 Å². The van der Waals surface area contributed by atoms with E-state index in [0.29, 0.717) is 36.5 Å². The van der Waals surface area contributed by atoms with Gasteiger partial charge in [-0.15, -0.1) is 0 Å². The zero-order valence-electron chi connectivity index (χ0n) is 15.1. The summed E-state index contributed by atoms with van der Waals surface area (Å²) in [4.78, 5) is 19.1. The summed E-state index contributed by atoms with van der Waals surface area (Å²) in [5.41, 5.74) is 7.34. The number of likely N-dealkylation sites (tertiary alicyclic amines) is 1. The molecule has 27 heavy (non-hydrogen) atoms. The molecular weight excluding hydrogens is 368 g/mol. The van der Waals surface area contributed by atoms with E-state index in [-0.39, 0.29) is 17.0 Å². The van der Waals surface area contributed by atoms with E-state index in [1.54, 1.807) is 6.20 Å². The molecule has 2 unspecified atom stereocenters. The lowest BCUT2D eigenvalue weighted by atomic mass is 10.0. The van der Waals surface area contributed by atoms with Crippen LogP contribution in [0.3, 0.4) is 0 Å². The molecule has 3 rings (SSSR count). The number of hydrogen-bond donors (Lipinski definition) is 3. The molecule has 8 heteroatoms. The van der Waals surface area contributed by atoms with Crippen LogP contribution in [-0.4, -0.2) is 53.2 Å². The number of rotatable bonds is 5. The molecule has 0 radical (unpaired) electrons. The van der Waals surface area contributed by atoms with Crippen LogP contribution < -0.4 is 15.8 Å². The summed E-state index contributed by atoms with van der Waals surface area (Å²) in [6.07, 6.45) is 1.70. The third-order valence-corrected chi connectivity index (χ3v) is 4.99. The van der Waals surface area contributed by atoms with Crippen molar-refractivity contribution in [1.29, 1.82) is 0 Å². The first-order valence-electron chi connectivity index (χ1n) is 8.72. The number of anilines is 1. The van der Waals surface area contributed by atoms with Crippen molar-refractivity contribution in [1.82, 2.24) is 15.2 Å². The third kappa shape index (κ3) is 4.68. The Morgan fingerprint density at radius 2 is 2.30 bits per heavy atom. The maximum absolute atomic E-state index is 12.6. The molecule has 0 aliphatic carbocycles. The molecule has 1 aliphatic rings. The number of amides is 1. The van der Waals surface area contributed by atoms with Gasteiger partial charge in [-0.1, -0.05) is 17.7 Å². The molecule has 1 saturated heterocycles. The van der Waals surface area contributed by atoms with Gasteiger partial charge in [0.05, 0.1) is 41.2 Å². The number of carbonyl (C=O) groups excluding carboxylic acids is 1. The average molecular weight is 391 g/mol. The minimum absolute atomic E-state index is 0.284. The minimum atomic E-state index is -0.679.